The van der Waals surface area contributed by atoms with E-state index in [0.29, 0.717) is 17.9 Å². The largest absolute Gasteiger partial charge is 0.492 e. The van der Waals surface area contributed by atoms with Crippen LogP contribution >= 0.6 is 0 Å². The number of nitrogens with zero attached hydrogens (tertiary/aromatic N) is 4. The molecule has 5 heterocycles. The van der Waals surface area contributed by atoms with Crippen molar-refractivity contribution in [2.75, 3.05) is 19.7 Å². The number of carbonyl (C=O) groups is 3. The van der Waals surface area contributed by atoms with Crippen molar-refractivity contribution in [3.63, 3.8) is 0 Å². The minimum Gasteiger partial charge on any atom is -0.492 e. The maximum Gasteiger partial charge on any atom is 0.255 e. The number of nitrogens with one attached hydrogen (secondary N) is 2. The topological polar surface area (TPSA) is 208 Å². The fraction of sp³-hybridized carbons (Fsp3) is 0.560. The summed E-state index contributed by atoms with van der Waals surface area (Å²) in [5.74, 6) is -3.27. The Balaban J connectivity index is 1.31. The van der Waals surface area contributed by atoms with Crippen LogP contribution in [0.4, 0.5) is 0 Å². The molecule has 0 aromatic heterocycles. The van der Waals surface area contributed by atoms with E-state index in [2.05, 4.69) is 27.5 Å². The van der Waals surface area contributed by atoms with Crippen molar-refractivity contribution in [1.82, 2.24) is 20.4 Å². The second kappa shape index (κ2) is 8.81. The summed E-state index contributed by atoms with van der Waals surface area (Å²) in [6.45, 7) is 2.30. The van der Waals surface area contributed by atoms with E-state index in [1.54, 1.807) is 12.1 Å². The van der Waals surface area contributed by atoms with Crippen molar-refractivity contribution in [2.45, 2.75) is 68.1 Å². The number of hydrogen-bond acceptors (Lipinski definition) is 12. The van der Waals surface area contributed by atoms with Gasteiger partial charge in [0.1, 0.15) is 17.8 Å². The van der Waals surface area contributed by atoms with Crippen molar-refractivity contribution >= 4 is 29.6 Å². The van der Waals surface area contributed by atoms with E-state index in [1.165, 1.54) is 4.90 Å². The Hall–Kier alpha value is -3.91. The quantitative estimate of drug-likeness (QED) is 0.177. The average molecular weight is 541 g/mol. The zero-order chi connectivity index (χ0) is 27.7. The Labute approximate surface area is 224 Å². The lowest BCUT2D eigenvalue weighted by Crippen LogP contribution is -2.78. The average Bonchev–Trinajstić information content (AvgIpc) is 3.50. The van der Waals surface area contributed by atoms with Crippen LogP contribution in [0.15, 0.2) is 28.2 Å². The van der Waals surface area contributed by atoms with Crippen LogP contribution in [-0.4, -0.2) is 98.9 Å². The van der Waals surface area contributed by atoms with Gasteiger partial charge in [0.15, 0.2) is 17.6 Å². The van der Waals surface area contributed by atoms with Gasteiger partial charge >= 0.3 is 0 Å². The molecule has 6 rings (SSSR count). The zero-order valence-electron chi connectivity index (χ0n) is 21.5. The first-order valence-electron chi connectivity index (χ1n) is 13.1. The summed E-state index contributed by atoms with van der Waals surface area (Å²) in [4.78, 5) is 49.4. The number of hydrogen-bond donors (Lipinski definition) is 6. The minimum absolute atomic E-state index is 0.0665. The summed E-state index contributed by atoms with van der Waals surface area (Å²) in [6, 6.07) is 2.19. The van der Waals surface area contributed by atoms with Crippen LogP contribution in [0.5, 0.6) is 5.75 Å². The number of likely N-dealkylation sites (tertiary alicyclic amines) is 1. The van der Waals surface area contributed by atoms with E-state index >= 15 is 0 Å². The molecule has 2 unspecified atom stereocenters. The van der Waals surface area contributed by atoms with E-state index in [4.69, 9.17) is 16.2 Å². The van der Waals surface area contributed by atoms with Crippen molar-refractivity contribution in [3.05, 3.63) is 29.3 Å². The number of amides is 3. The zero-order valence-corrected chi connectivity index (χ0v) is 21.5. The van der Waals surface area contributed by atoms with Crippen LogP contribution in [0.1, 0.15) is 54.4 Å². The maximum absolute atomic E-state index is 13.5. The molecule has 14 heteroatoms. The number of benzene rings is 1. The third-order valence-corrected chi connectivity index (χ3v) is 8.57. The number of imide groups is 1. The van der Waals surface area contributed by atoms with Crippen molar-refractivity contribution in [1.29, 1.82) is 0 Å². The van der Waals surface area contributed by atoms with Gasteiger partial charge in [-0.1, -0.05) is 19.1 Å². The van der Waals surface area contributed by atoms with Crippen molar-refractivity contribution in [2.24, 2.45) is 21.5 Å². The molecule has 1 spiro atoms. The first-order chi connectivity index (χ1) is 18.6. The lowest BCUT2D eigenvalue weighted by molar-refractivity contribution is -0.230. The number of para-hydroxylation sites is 1. The monoisotopic (exact) mass is 540 g/mol. The molecule has 0 saturated carbocycles. The normalized spacial score (nSPS) is 32.5. The van der Waals surface area contributed by atoms with Crippen LogP contribution in [0.25, 0.3) is 0 Å². The summed E-state index contributed by atoms with van der Waals surface area (Å²) in [5.41, 5.74) is 11.8. The second-order valence-electron chi connectivity index (χ2n) is 10.6. The van der Waals surface area contributed by atoms with E-state index < -0.39 is 35.5 Å². The summed E-state index contributed by atoms with van der Waals surface area (Å²) < 4.78 is 5.87. The molecule has 1 aromatic carbocycles. The molecule has 2 saturated heterocycles. The number of fused-ring (bicyclic) bond motifs is 1. The Bertz CT molecular complexity index is 1300. The highest BCUT2D eigenvalue weighted by molar-refractivity contribution is 6.02. The number of guanidine groups is 2. The van der Waals surface area contributed by atoms with Gasteiger partial charge in [0.25, 0.3) is 5.91 Å². The van der Waals surface area contributed by atoms with Gasteiger partial charge in [0.2, 0.25) is 17.6 Å². The van der Waals surface area contributed by atoms with Gasteiger partial charge in [0.05, 0.1) is 24.8 Å². The van der Waals surface area contributed by atoms with Crippen molar-refractivity contribution < 1.29 is 29.3 Å². The number of nitrogens with two attached hydrogens (primary N) is 2. The Morgan fingerprint density at radius 2 is 1.97 bits per heavy atom. The fourth-order valence-electron chi connectivity index (χ4n) is 6.58. The van der Waals surface area contributed by atoms with Crippen LogP contribution in [-0.2, 0) is 9.59 Å². The number of aliphatic imine (C=N–C) groups is 2. The van der Waals surface area contributed by atoms with Crippen LogP contribution in [0.3, 0.4) is 0 Å². The van der Waals surface area contributed by atoms with Gasteiger partial charge in [-0.05, 0) is 30.4 Å². The molecule has 3 amide bonds. The molecule has 1 aromatic rings. The summed E-state index contributed by atoms with van der Waals surface area (Å²) >= 11 is 0. The molecule has 0 radical (unpaired) electrons. The molecule has 2 fully saturated rings. The van der Waals surface area contributed by atoms with Crippen LogP contribution < -0.4 is 26.8 Å². The van der Waals surface area contributed by atoms with Gasteiger partial charge in [-0.25, -0.2) is 9.98 Å². The Morgan fingerprint density at radius 3 is 2.69 bits per heavy atom. The molecule has 5 atom stereocenters. The molecular weight excluding hydrogens is 508 g/mol. The van der Waals surface area contributed by atoms with Crippen LogP contribution in [0, 0.1) is 0 Å². The lowest BCUT2D eigenvalue weighted by atomic mass is 9.84. The van der Waals surface area contributed by atoms with Crippen molar-refractivity contribution in [3.8, 4) is 5.75 Å². The molecule has 208 valence electrons. The predicted molar refractivity (Wildman–Crippen MR) is 137 cm³/mol. The second-order valence-corrected chi connectivity index (χ2v) is 10.6. The highest BCUT2D eigenvalue weighted by Crippen LogP contribution is 2.45. The lowest BCUT2D eigenvalue weighted by Gasteiger charge is -2.49. The molecule has 5 aliphatic heterocycles. The van der Waals surface area contributed by atoms with E-state index in [1.807, 2.05) is 6.07 Å². The third-order valence-electron chi connectivity index (χ3n) is 8.57. The smallest absolute Gasteiger partial charge is 0.255 e. The van der Waals surface area contributed by atoms with E-state index in [0.717, 1.165) is 23.3 Å². The Kier molecular flexibility index (Phi) is 5.73. The predicted octanol–water partition coefficient (Wildman–Crippen LogP) is -2.11. The molecule has 14 nitrogen and oxygen atoms in total. The van der Waals surface area contributed by atoms with Crippen LogP contribution in [0.2, 0.25) is 0 Å². The van der Waals surface area contributed by atoms with Gasteiger partial charge in [-0.2, -0.15) is 0 Å². The van der Waals surface area contributed by atoms with Gasteiger partial charge in [-0.15, -0.1) is 0 Å². The van der Waals surface area contributed by atoms with Gasteiger partial charge in [0, 0.05) is 19.4 Å². The number of aliphatic hydroxyl groups is 2. The number of rotatable bonds is 5. The highest BCUT2D eigenvalue weighted by atomic mass is 16.5. The van der Waals surface area contributed by atoms with Gasteiger partial charge < -0.3 is 42.0 Å². The highest BCUT2D eigenvalue weighted by Gasteiger charge is 2.73. The first kappa shape index (κ1) is 25.4. The minimum atomic E-state index is -2.64. The molecule has 0 bridgehead atoms. The standard InChI is InChI=1S/C25H32N8O6/c1-2-12-8-9-39-19-13(12)4-3-5-14(19)21(36)29-16-11-33-23(27)28-15(10-32-17(34)6-7-18(32)35)20-24(33,25(16,37)38)31-22(26)30-20/h3-5,12,15-16,20,37-38H,2,6-11H2,1H3,(H2,27,28)(H,29,36)(H3,26,30,31)/t12?,15-,16?,20-,24-/m0/s1. The number of carbonyl (C=O) groups excluding carboxylic acids is 3. The number of ether oxygens (including phenoxy) is 1. The third kappa shape index (κ3) is 3.58. The Morgan fingerprint density at radius 1 is 1.23 bits per heavy atom. The molecule has 8 N–H and O–H groups in total. The van der Waals surface area contributed by atoms with Gasteiger partial charge in [-0.3, -0.25) is 19.3 Å². The maximum atomic E-state index is 13.5. The summed E-state index contributed by atoms with van der Waals surface area (Å²) in [5, 5.41) is 28.9. The summed E-state index contributed by atoms with van der Waals surface area (Å²) in [6.07, 6.45) is 1.95. The first-order valence-corrected chi connectivity index (χ1v) is 13.1. The molecular formula is C25H32N8O6. The van der Waals surface area contributed by atoms with E-state index in [-0.39, 0.29) is 55.6 Å². The van der Waals surface area contributed by atoms with E-state index in [9.17, 15) is 24.6 Å². The summed E-state index contributed by atoms with van der Waals surface area (Å²) in [7, 11) is 0. The molecule has 0 aliphatic carbocycles. The molecule has 39 heavy (non-hydrogen) atoms. The fourth-order valence-corrected chi connectivity index (χ4v) is 6.58. The molecule has 5 aliphatic rings. The SMILES string of the molecule is CCC1CCOc2c(C(=O)NC3CN4C(N)=N[C@@H](CN5C(=O)CCC5=O)[C@@H]5N=C(N)N[C@@]54C3(O)O)cccc21.